The van der Waals surface area contributed by atoms with Crippen LogP contribution in [-0.2, 0) is 17.5 Å². The molecule has 0 spiro atoms. The van der Waals surface area contributed by atoms with Gasteiger partial charge >= 0.3 is 12.3 Å². The molecule has 244 valence electrons. The van der Waals surface area contributed by atoms with Gasteiger partial charge in [-0.25, -0.2) is 9.48 Å². The molecule has 2 N–H and O–H groups in total. The number of anilines is 1. The number of carbonyl (C=O) groups excluding carboxylic acids is 2. The summed E-state index contributed by atoms with van der Waals surface area (Å²) in [5, 5.41) is 18.6. The van der Waals surface area contributed by atoms with Gasteiger partial charge in [-0.05, 0) is 93.7 Å². The van der Waals surface area contributed by atoms with Gasteiger partial charge in [-0.2, -0.15) is 23.5 Å². The lowest BCUT2D eigenvalue weighted by molar-refractivity contribution is -0.141. The van der Waals surface area contributed by atoms with E-state index in [0.29, 0.717) is 28.9 Å². The number of amides is 2. The first-order valence-electron chi connectivity index (χ1n) is 15.1. The van der Waals surface area contributed by atoms with Crippen LogP contribution in [-0.4, -0.2) is 45.4 Å². The smallest absolute Gasteiger partial charge is 0.435 e. The molecule has 0 bridgehead atoms. The molecule has 1 aliphatic carbocycles. The van der Waals surface area contributed by atoms with E-state index in [-0.39, 0.29) is 24.0 Å². The van der Waals surface area contributed by atoms with Crippen LogP contribution in [0, 0.1) is 11.3 Å². The van der Waals surface area contributed by atoms with E-state index in [0.717, 1.165) is 28.7 Å². The Balaban J connectivity index is 1.43. The molecule has 47 heavy (non-hydrogen) atoms. The largest absolute Gasteiger partial charge is 0.444 e. The molecule has 0 radical (unpaired) electrons. The molecule has 5 rings (SSSR count). The monoisotopic (exact) mass is 644 g/mol. The van der Waals surface area contributed by atoms with Crippen molar-refractivity contribution in [3.05, 3.63) is 113 Å². The molecular formula is C35H35F3N6O3. The Kier molecular flexibility index (Phi) is 9.40. The zero-order valence-corrected chi connectivity index (χ0v) is 26.4. The number of nitrogens with one attached hydrogen (secondary N) is 2. The van der Waals surface area contributed by atoms with E-state index in [9.17, 15) is 28.0 Å². The highest BCUT2D eigenvalue weighted by Crippen LogP contribution is 2.38. The molecule has 0 saturated heterocycles. The zero-order chi connectivity index (χ0) is 33.9. The fraction of sp³-hybridized carbons (Fsp3) is 0.314. The maximum Gasteiger partial charge on any atom is 0.435 e. The predicted molar refractivity (Wildman–Crippen MR) is 170 cm³/mol. The number of hydrogen-bond acceptors (Lipinski definition) is 6. The summed E-state index contributed by atoms with van der Waals surface area (Å²) < 4.78 is 47.7. The maximum atomic E-state index is 13.8. The minimum atomic E-state index is -4.80. The number of alkyl carbamates (subject to hydrolysis) is 1. The summed E-state index contributed by atoms with van der Waals surface area (Å²) in [6, 6.07) is 23.9. The molecule has 2 amide bonds. The summed E-state index contributed by atoms with van der Waals surface area (Å²) in [4.78, 5) is 28.0. The second-order valence-corrected chi connectivity index (χ2v) is 12.5. The number of carbonyl (C=O) groups is 2. The van der Waals surface area contributed by atoms with Crippen LogP contribution in [0.2, 0.25) is 0 Å². The molecular weight excluding hydrogens is 609 g/mol. The number of hydrogen-bond donors (Lipinski definition) is 2. The number of alkyl halides is 3. The fourth-order valence-electron chi connectivity index (χ4n) is 5.28. The first-order valence-corrected chi connectivity index (χ1v) is 15.1. The lowest BCUT2D eigenvalue weighted by Gasteiger charge is -2.29. The highest BCUT2D eigenvalue weighted by atomic mass is 19.4. The van der Waals surface area contributed by atoms with Crippen LogP contribution in [0.25, 0.3) is 5.69 Å². The van der Waals surface area contributed by atoms with Crippen molar-refractivity contribution < 1.29 is 27.5 Å². The van der Waals surface area contributed by atoms with Crippen LogP contribution in [0.15, 0.2) is 78.9 Å². The van der Waals surface area contributed by atoms with Crippen LogP contribution in [0.4, 0.5) is 23.7 Å². The van der Waals surface area contributed by atoms with E-state index in [1.807, 2.05) is 31.3 Å². The predicted octanol–water partition coefficient (Wildman–Crippen LogP) is 7.22. The van der Waals surface area contributed by atoms with Crippen LogP contribution in [0.5, 0.6) is 0 Å². The first kappa shape index (κ1) is 33.2. The van der Waals surface area contributed by atoms with Gasteiger partial charge in [0, 0.05) is 24.3 Å². The number of benzene rings is 3. The van der Waals surface area contributed by atoms with Gasteiger partial charge in [0.1, 0.15) is 11.3 Å². The Morgan fingerprint density at radius 3 is 2.36 bits per heavy atom. The summed E-state index contributed by atoms with van der Waals surface area (Å²) in [6.45, 7) is 5.22. The van der Waals surface area contributed by atoms with E-state index in [1.165, 1.54) is 12.1 Å². The van der Waals surface area contributed by atoms with E-state index >= 15 is 0 Å². The standard InChI is InChI=1S/C35H35F3N6O3/c1-34(2,3)47-33(46)40-21-23-9-6-13-28(17-23)44-29(19-30(42-44)35(36,37)38)32(45)41-26-12-7-11-25(18-26)31(43(4)27-14-15-27)24-10-5-8-22(16-24)20-39/h5-13,16-19,27,31H,14-15,21H2,1-4H3,(H,40,46)(H,41,45). The average Bonchev–Trinajstić information content (AvgIpc) is 3.76. The minimum Gasteiger partial charge on any atom is -0.444 e. The summed E-state index contributed by atoms with van der Waals surface area (Å²) in [7, 11) is 2.01. The van der Waals surface area contributed by atoms with E-state index in [2.05, 4.69) is 26.7 Å². The highest BCUT2D eigenvalue weighted by molar-refractivity contribution is 6.03. The van der Waals surface area contributed by atoms with Gasteiger partial charge in [0.25, 0.3) is 5.91 Å². The van der Waals surface area contributed by atoms with E-state index < -0.39 is 29.5 Å². The highest BCUT2D eigenvalue weighted by Gasteiger charge is 2.36. The molecule has 9 nitrogen and oxygen atoms in total. The number of rotatable bonds is 9. The second kappa shape index (κ2) is 13.3. The van der Waals surface area contributed by atoms with E-state index in [1.54, 1.807) is 57.2 Å². The molecule has 4 aromatic rings. The number of ether oxygens (including phenoxy) is 1. The number of nitrogens with zero attached hydrogens (tertiary/aromatic N) is 4. The lowest BCUT2D eigenvalue weighted by Crippen LogP contribution is -2.32. The number of aromatic nitrogens is 2. The lowest BCUT2D eigenvalue weighted by atomic mass is 9.95. The molecule has 1 aliphatic rings. The van der Waals surface area contributed by atoms with Gasteiger partial charge in [-0.1, -0.05) is 36.4 Å². The molecule has 1 atom stereocenters. The Morgan fingerprint density at radius 2 is 1.70 bits per heavy atom. The fourth-order valence-corrected chi connectivity index (χ4v) is 5.28. The van der Waals surface area contributed by atoms with Crippen LogP contribution in [0.1, 0.15) is 78.1 Å². The van der Waals surface area contributed by atoms with Crippen LogP contribution >= 0.6 is 0 Å². The summed E-state index contributed by atoms with van der Waals surface area (Å²) in [6.07, 6.45) is -3.35. The van der Waals surface area contributed by atoms with Crippen molar-refractivity contribution in [2.24, 2.45) is 0 Å². The van der Waals surface area contributed by atoms with Gasteiger partial charge in [0.15, 0.2) is 5.69 Å². The molecule has 1 aromatic heterocycles. The summed E-state index contributed by atoms with van der Waals surface area (Å²) in [5.74, 6) is -0.791. The average molecular weight is 645 g/mol. The second-order valence-electron chi connectivity index (χ2n) is 12.5. The van der Waals surface area contributed by atoms with Gasteiger partial charge in [0.2, 0.25) is 0 Å². The Labute approximate surface area is 270 Å². The molecule has 3 aromatic carbocycles. The topological polar surface area (TPSA) is 112 Å². The van der Waals surface area contributed by atoms with Crippen molar-refractivity contribution in [3.8, 4) is 11.8 Å². The molecule has 1 saturated carbocycles. The molecule has 1 unspecified atom stereocenters. The molecule has 1 heterocycles. The molecule has 1 fully saturated rings. The Bertz CT molecular complexity index is 1820. The van der Waals surface area contributed by atoms with Crippen LogP contribution in [0.3, 0.4) is 0 Å². The third-order valence-corrected chi connectivity index (χ3v) is 7.55. The summed E-state index contributed by atoms with van der Waals surface area (Å²) >= 11 is 0. The SMILES string of the molecule is CN(C1CC1)C(c1cccc(C#N)c1)c1cccc(NC(=O)c2cc(C(F)(F)F)nn2-c2cccc(CNC(=O)OC(C)(C)C)c2)c1. The Morgan fingerprint density at radius 1 is 1.02 bits per heavy atom. The van der Waals surface area contributed by atoms with Crippen molar-refractivity contribution in [2.45, 2.75) is 64.0 Å². The first-order chi connectivity index (χ1) is 22.2. The third-order valence-electron chi connectivity index (χ3n) is 7.55. The van der Waals surface area contributed by atoms with Crippen molar-refractivity contribution in [1.82, 2.24) is 20.0 Å². The van der Waals surface area contributed by atoms with Crippen molar-refractivity contribution in [2.75, 3.05) is 12.4 Å². The van der Waals surface area contributed by atoms with Gasteiger partial charge in [0.05, 0.1) is 23.4 Å². The number of halogens is 3. The van der Waals surface area contributed by atoms with Crippen molar-refractivity contribution in [1.29, 1.82) is 5.26 Å². The third kappa shape index (κ3) is 8.37. The molecule has 12 heteroatoms. The maximum absolute atomic E-state index is 13.8. The van der Waals surface area contributed by atoms with Gasteiger partial charge in [-0.15, -0.1) is 0 Å². The number of nitriles is 1. The Hall–Kier alpha value is -5.15. The van der Waals surface area contributed by atoms with Crippen LogP contribution < -0.4 is 10.6 Å². The minimum absolute atomic E-state index is 0.0399. The zero-order valence-electron chi connectivity index (χ0n) is 26.4. The summed E-state index contributed by atoms with van der Waals surface area (Å²) in [5.41, 5.74) is 1.18. The van der Waals surface area contributed by atoms with Gasteiger partial charge < -0.3 is 15.4 Å². The van der Waals surface area contributed by atoms with Crippen molar-refractivity contribution >= 4 is 17.7 Å². The van der Waals surface area contributed by atoms with Gasteiger partial charge in [-0.3, -0.25) is 9.69 Å². The van der Waals surface area contributed by atoms with E-state index in [4.69, 9.17) is 4.74 Å². The molecule has 0 aliphatic heterocycles. The quantitative estimate of drug-likeness (QED) is 0.199. The van der Waals surface area contributed by atoms with Crippen molar-refractivity contribution in [3.63, 3.8) is 0 Å². The normalized spacial score (nSPS) is 13.9.